The van der Waals surface area contributed by atoms with Gasteiger partial charge in [0.25, 0.3) is 5.56 Å². The molecule has 0 saturated heterocycles. The zero-order valence-electron chi connectivity index (χ0n) is 18.7. The van der Waals surface area contributed by atoms with Crippen molar-refractivity contribution in [2.75, 3.05) is 12.9 Å². The van der Waals surface area contributed by atoms with Crippen molar-refractivity contribution >= 4 is 45.9 Å². The standard InChI is InChI=1S/C25H23N3O4S2/c1-16-9-11-17(12-10-16)23(20-8-5-13-33-20)27-21(29)15-34-25-26-19-7-4-3-6-18(19)24(31)28(25)14-22(30)32-2/h3-13,23H,14-15H2,1-2H3,(H,27,29). The number of carbonyl (C=O) groups is 2. The van der Waals surface area contributed by atoms with Crippen LogP contribution in [0.3, 0.4) is 0 Å². The molecular weight excluding hydrogens is 470 g/mol. The number of benzene rings is 2. The van der Waals surface area contributed by atoms with E-state index in [2.05, 4.69) is 10.3 Å². The van der Waals surface area contributed by atoms with E-state index < -0.39 is 5.97 Å². The molecule has 1 amide bonds. The summed E-state index contributed by atoms with van der Waals surface area (Å²) in [5.41, 5.74) is 2.28. The molecule has 7 nitrogen and oxygen atoms in total. The maximum atomic E-state index is 13.0. The van der Waals surface area contributed by atoms with E-state index in [1.165, 1.54) is 11.7 Å². The molecule has 1 unspecified atom stereocenters. The van der Waals surface area contributed by atoms with E-state index in [0.717, 1.165) is 27.8 Å². The number of carbonyl (C=O) groups excluding carboxylic acids is 2. The van der Waals surface area contributed by atoms with Crippen LogP contribution in [0, 0.1) is 6.92 Å². The van der Waals surface area contributed by atoms with E-state index in [0.29, 0.717) is 10.9 Å². The molecule has 1 atom stereocenters. The average molecular weight is 494 g/mol. The van der Waals surface area contributed by atoms with Crippen LogP contribution >= 0.6 is 23.1 Å². The van der Waals surface area contributed by atoms with E-state index in [1.54, 1.807) is 35.6 Å². The summed E-state index contributed by atoms with van der Waals surface area (Å²) in [5, 5.41) is 5.75. The number of nitrogens with zero attached hydrogens (tertiary/aromatic N) is 2. The number of hydrogen-bond acceptors (Lipinski definition) is 7. The molecule has 0 saturated carbocycles. The molecule has 0 fully saturated rings. The summed E-state index contributed by atoms with van der Waals surface area (Å²) in [7, 11) is 1.26. The van der Waals surface area contributed by atoms with Crippen LogP contribution in [0.1, 0.15) is 22.0 Å². The molecule has 0 aliphatic heterocycles. The number of aromatic nitrogens is 2. The molecule has 2 heterocycles. The largest absolute Gasteiger partial charge is 0.468 e. The Labute approximate surface area is 204 Å². The molecule has 0 aliphatic rings. The SMILES string of the molecule is COC(=O)Cn1c(SCC(=O)NC(c2ccc(C)cc2)c2cccs2)nc2ccccc2c1=O. The Balaban J connectivity index is 1.57. The minimum absolute atomic E-state index is 0.0275. The van der Waals surface area contributed by atoms with Crippen molar-refractivity contribution in [2.45, 2.75) is 24.7 Å². The summed E-state index contributed by atoms with van der Waals surface area (Å²) in [6, 6.07) is 18.6. The van der Waals surface area contributed by atoms with Gasteiger partial charge >= 0.3 is 5.97 Å². The highest BCUT2D eigenvalue weighted by molar-refractivity contribution is 7.99. The second-order valence-corrected chi connectivity index (χ2v) is 9.52. The fourth-order valence-corrected chi connectivity index (χ4v) is 5.07. The van der Waals surface area contributed by atoms with Crippen molar-refractivity contribution in [2.24, 2.45) is 0 Å². The zero-order valence-corrected chi connectivity index (χ0v) is 20.3. The lowest BCUT2D eigenvalue weighted by Crippen LogP contribution is -2.31. The predicted octanol–water partition coefficient (Wildman–Crippen LogP) is 3.94. The first-order valence-corrected chi connectivity index (χ1v) is 12.4. The van der Waals surface area contributed by atoms with Gasteiger partial charge in [-0.2, -0.15) is 0 Å². The molecule has 174 valence electrons. The smallest absolute Gasteiger partial charge is 0.325 e. The number of para-hydroxylation sites is 1. The molecule has 2 aromatic heterocycles. The van der Waals surface area contributed by atoms with Gasteiger partial charge in [-0.15, -0.1) is 11.3 Å². The van der Waals surface area contributed by atoms with Gasteiger partial charge in [0.2, 0.25) is 5.91 Å². The number of hydrogen-bond donors (Lipinski definition) is 1. The summed E-state index contributed by atoms with van der Waals surface area (Å²) >= 11 is 2.68. The Kier molecular flexibility index (Phi) is 7.44. The Bertz CT molecular complexity index is 1370. The van der Waals surface area contributed by atoms with Crippen LogP contribution < -0.4 is 10.9 Å². The Morgan fingerprint density at radius 2 is 1.88 bits per heavy atom. The molecule has 0 radical (unpaired) electrons. The minimum Gasteiger partial charge on any atom is -0.468 e. The maximum absolute atomic E-state index is 13.0. The van der Waals surface area contributed by atoms with Gasteiger partial charge in [-0.3, -0.25) is 19.0 Å². The number of thiophene rings is 1. The minimum atomic E-state index is -0.567. The van der Waals surface area contributed by atoms with Crippen LogP contribution in [0.15, 0.2) is 76.0 Å². The lowest BCUT2D eigenvalue weighted by molar-refractivity contribution is -0.141. The van der Waals surface area contributed by atoms with Crippen LogP contribution in [0.4, 0.5) is 0 Å². The van der Waals surface area contributed by atoms with Crippen LogP contribution in [0.25, 0.3) is 10.9 Å². The molecule has 0 bridgehead atoms. The topological polar surface area (TPSA) is 90.3 Å². The number of thioether (sulfide) groups is 1. The summed E-state index contributed by atoms with van der Waals surface area (Å²) in [6.07, 6.45) is 0. The van der Waals surface area contributed by atoms with Gasteiger partial charge in [-0.05, 0) is 36.1 Å². The summed E-state index contributed by atoms with van der Waals surface area (Å²) in [6.45, 7) is 1.74. The van der Waals surface area contributed by atoms with Crippen molar-refractivity contribution in [1.29, 1.82) is 0 Å². The molecule has 0 aliphatic carbocycles. The Morgan fingerprint density at radius 1 is 1.12 bits per heavy atom. The first-order chi connectivity index (χ1) is 16.5. The molecule has 2 aromatic carbocycles. The average Bonchev–Trinajstić information content (AvgIpc) is 3.38. The van der Waals surface area contributed by atoms with Crippen molar-refractivity contribution in [3.05, 3.63) is 92.4 Å². The third-order valence-corrected chi connectivity index (χ3v) is 7.13. The molecule has 34 heavy (non-hydrogen) atoms. The Hall–Kier alpha value is -3.43. The maximum Gasteiger partial charge on any atom is 0.325 e. The fraction of sp³-hybridized carbons (Fsp3) is 0.200. The van der Waals surface area contributed by atoms with Crippen molar-refractivity contribution < 1.29 is 14.3 Å². The third-order valence-electron chi connectivity index (χ3n) is 5.22. The summed E-state index contributed by atoms with van der Waals surface area (Å²) < 4.78 is 5.99. The normalized spacial score (nSPS) is 11.8. The van der Waals surface area contributed by atoms with Crippen LogP contribution in [-0.2, 0) is 20.9 Å². The number of methoxy groups -OCH3 is 1. The fourth-order valence-electron chi connectivity index (χ4n) is 3.46. The number of amides is 1. The van der Waals surface area contributed by atoms with E-state index in [4.69, 9.17) is 4.74 Å². The van der Waals surface area contributed by atoms with Crippen LogP contribution in [-0.4, -0.2) is 34.3 Å². The van der Waals surface area contributed by atoms with E-state index >= 15 is 0 Å². The number of aryl methyl sites for hydroxylation is 1. The summed E-state index contributed by atoms with van der Waals surface area (Å²) in [4.78, 5) is 43.4. The van der Waals surface area contributed by atoms with E-state index in [9.17, 15) is 14.4 Å². The number of rotatable bonds is 8. The van der Waals surface area contributed by atoms with Gasteiger partial charge in [0, 0.05) is 4.88 Å². The van der Waals surface area contributed by atoms with Crippen molar-refractivity contribution in [1.82, 2.24) is 14.9 Å². The Morgan fingerprint density at radius 3 is 2.59 bits per heavy atom. The molecule has 4 rings (SSSR count). The zero-order chi connectivity index (χ0) is 24.1. The molecule has 4 aromatic rings. The molecule has 1 N–H and O–H groups in total. The van der Waals surface area contributed by atoms with Gasteiger partial charge in [0.05, 0.1) is 29.8 Å². The molecule has 0 spiro atoms. The van der Waals surface area contributed by atoms with Gasteiger partial charge in [-0.25, -0.2) is 4.98 Å². The highest BCUT2D eigenvalue weighted by Crippen LogP contribution is 2.27. The first-order valence-electron chi connectivity index (χ1n) is 10.5. The highest BCUT2D eigenvalue weighted by atomic mass is 32.2. The molecular formula is C25H23N3O4S2. The van der Waals surface area contributed by atoms with Crippen LogP contribution in [0.5, 0.6) is 0 Å². The molecule has 9 heteroatoms. The number of ether oxygens (including phenoxy) is 1. The van der Waals surface area contributed by atoms with E-state index in [-0.39, 0.29) is 35.0 Å². The van der Waals surface area contributed by atoms with Gasteiger partial charge < -0.3 is 10.1 Å². The highest BCUT2D eigenvalue weighted by Gasteiger charge is 2.20. The lowest BCUT2D eigenvalue weighted by Gasteiger charge is -2.18. The number of esters is 1. The van der Waals surface area contributed by atoms with E-state index in [1.807, 2.05) is 48.7 Å². The number of nitrogens with one attached hydrogen (secondary N) is 1. The second kappa shape index (κ2) is 10.7. The summed E-state index contributed by atoms with van der Waals surface area (Å²) in [5.74, 6) is -0.752. The predicted molar refractivity (Wildman–Crippen MR) is 134 cm³/mol. The number of fused-ring (bicyclic) bond motifs is 1. The lowest BCUT2D eigenvalue weighted by atomic mass is 10.0. The third kappa shape index (κ3) is 5.37. The van der Waals surface area contributed by atoms with Gasteiger partial charge in [0.1, 0.15) is 6.54 Å². The monoisotopic (exact) mass is 493 g/mol. The second-order valence-electron chi connectivity index (χ2n) is 7.59. The first kappa shape index (κ1) is 23.7. The van der Waals surface area contributed by atoms with Crippen molar-refractivity contribution in [3.63, 3.8) is 0 Å². The van der Waals surface area contributed by atoms with Gasteiger partial charge in [-0.1, -0.05) is 59.8 Å². The van der Waals surface area contributed by atoms with Crippen molar-refractivity contribution in [3.8, 4) is 0 Å². The van der Waals surface area contributed by atoms with Gasteiger partial charge in [0.15, 0.2) is 5.16 Å². The quantitative estimate of drug-likeness (QED) is 0.227. The van der Waals surface area contributed by atoms with Crippen LogP contribution in [0.2, 0.25) is 0 Å².